The molecule has 0 heterocycles. The summed E-state index contributed by atoms with van der Waals surface area (Å²) in [4.78, 5) is 47.6. The van der Waals surface area contributed by atoms with Gasteiger partial charge in [0, 0.05) is 30.9 Å². The third kappa shape index (κ3) is 6.73. The average Bonchev–Trinajstić information content (AvgIpc) is 2.67. The minimum Gasteiger partial charge on any atom is -0.449 e. The second kappa shape index (κ2) is 10.2. The fraction of sp³-hybridized carbons (Fsp3) is 0.273. The second-order valence-electron chi connectivity index (χ2n) is 6.75. The van der Waals surface area contributed by atoms with Crippen molar-refractivity contribution in [2.45, 2.75) is 40.2 Å². The zero-order valence-electron chi connectivity index (χ0n) is 17.4. The molecule has 0 saturated heterocycles. The number of hydrogen-bond donors (Lipinski definition) is 3. The van der Waals surface area contributed by atoms with Crippen LogP contribution in [0.3, 0.4) is 0 Å². The Kier molecular flexibility index (Phi) is 7.69. The molecule has 0 spiro atoms. The van der Waals surface area contributed by atoms with Crippen LogP contribution in [0.15, 0.2) is 42.5 Å². The summed E-state index contributed by atoms with van der Waals surface area (Å²) in [5.41, 5.74) is 2.45. The number of aryl methyl sites for hydroxylation is 1. The summed E-state index contributed by atoms with van der Waals surface area (Å²) >= 11 is 0. The van der Waals surface area contributed by atoms with Crippen molar-refractivity contribution in [3.8, 4) is 0 Å². The molecule has 0 aromatic heterocycles. The van der Waals surface area contributed by atoms with E-state index < -0.39 is 18.0 Å². The fourth-order valence-electron chi connectivity index (χ4n) is 2.65. The van der Waals surface area contributed by atoms with Gasteiger partial charge in [0.25, 0.3) is 5.91 Å². The SMILES string of the molecule is CCc1ccc(NC(=O)C(C)OC(=O)c2cc(NC(C)=O)cc(NC(C)=O)c2)cc1. The Balaban J connectivity index is 2.11. The van der Waals surface area contributed by atoms with Crippen LogP contribution in [-0.2, 0) is 25.5 Å². The molecule has 0 saturated carbocycles. The number of anilines is 3. The highest BCUT2D eigenvalue weighted by Gasteiger charge is 2.20. The number of esters is 1. The van der Waals surface area contributed by atoms with E-state index in [2.05, 4.69) is 16.0 Å². The maximum absolute atomic E-state index is 12.5. The number of hydrogen-bond acceptors (Lipinski definition) is 5. The van der Waals surface area contributed by atoms with E-state index >= 15 is 0 Å². The predicted octanol–water partition coefficient (Wildman–Crippen LogP) is 3.35. The van der Waals surface area contributed by atoms with Crippen molar-refractivity contribution in [2.24, 2.45) is 0 Å². The third-order valence-electron chi connectivity index (χ3n) is 4.09. The van der Waals surface area contributed by atoms with Gasteiger partial charge in [-0.2, -0.15) is 0 Å². The van der Waals surface area contributed by atoms with Gasteiger partial charge in [0.05, 0.1) is 5.56 Å². The highest BCUT2D eigenvalue weighted by Crippen LogP contribution is 2.21. The van der Waals surface area contributed by atoms with Crippen LogP contribution in [0.1, 0.15) is 43.6 Å². The lowest BCUT2D eigenvalue weighted by atomic mass is 10.1. The smallest absolute Gasteiger partial charge is 0.339 e. The van der Waals surface area contributed by atoms with Gasteiger partial charge >= 0.3 is 5.97 Å². The molecular formula is C22H25N3O5. The number of benzene rings is 2. The topological polar surface area (TPSA) is 114 Å². The molecule has 0 bridgehead atoms. The molecule has 0 aliphatic rings. The Morgan fingerprint density at radius 2 is 1.37 bits per heavy atom. The first-order valence-corrected chi connectivity index (χ1v) is 9.49. The van der Waals surface area contributed by atoms with Gasteiger partial charge in [-0.15, -0.1) is 0 Å². The quantitative estimate of drug-likeness (QED) is 0.605. The number of rotatable bonds is 7. The van der Waals surface area contributed by atoms with Gasteiger partial charge in [-0.25, -0.2) is 4.79 Å². The van der Waals surface area contributed by atoms with Gasteiger partial charge in [-0.1, -0.05) is 19.1 Å². The molecule has 3 N–H and O–H groups in total. The Bertz CT molecular complexity index is 919. The minimum absolute atomic E-state index is 0.0805. The molecule has 1 unspecified atom stereocenters. The molecule has 30 heavy (non-hydrogen) atoms. The molecule has 2 aromatic carbocycles. The van der Waals surface area contributed by atoms with Crippen LogP contribution in [0.5, 0.6) is 0 Å². The lowest BCUT2D eigenvalue weighted by Crippen LogP contribution is -2.30. The van der Waals surface area contributed by atoms with Crippen LogP contribution in [-0.4, -0.2) is 29.8 Å². The van der Waals surface area contributed by atoms with Gasteiger partial charge < -0.3 is 20.7 Å². The van der Waals surface area contributed by atoms with Crippen molar-refractivity contribution >= 4 is 40.8 Å². The maximum atomic E-state index is 12.5. The van der Waals surface area contributed by atoms with E-state index in [1.165, 1.54) is 39.0 Å². The highest BCUT2D eigenvalue weighted by molar-refractivity contribution is 6.00. The average molecular weight is 411 g/mol. The predicted molar refractivity (Wildman–Crippen MR) is 114 cm³/mol. The summed E-state index contributed by atoms with van der Waals surface area (Å²) in [5, 5.41) is 7.80. The molecule has 1 atom stereocenters. The number of nitrogens with one attached hydrogen (secondary N) is 3. The van der Waals surface area contributed by atoms with E-state index in [9.17, 15) is 19.2 Å². The van der Waals surface area contributed by atoms with Crippen LogP contribution in [0.4, 0.5) is 17.1 Å². The third-order valence-corrected chi connectivity index (χ3v) is 4.09. The van der Waals surface area contributed by atoms with Gasteiger partial charge in [-0.05, 0) is 49.2 Å². The molecular weight excluding hydrogens is 386 g/mol. The Hall–Kier alpha value is -3.68. The lowest BCUT2D eigenvalue weighted by molar-refractivity contribution is -0.123. The molecule has 2 aromatic rings. The van der Waals surface area contributed by atoms with Crippen LogP contribution in [0, 0.1) is 0 Å². The molecule has 8 heteroatoms. The Morgan fingerprint density at radius 3 is 1.83 bits per heavy atom. The first-order chi connectivity index (χ1) is 14.2. The zero-order chi connectivity index (χ0) is 22.3. The minimum atomic E-state index is -1.06. The molecule has 3 amide bonds. The summed E-state index contributed by atoms with van der Waals surface area (Å²) in [6.45, 7) is 6.14. The van der Waals surface area contributed by atoms with Gasteiger partial charge in [0.2, 0.25) is 11.8 Å². The van der Waals surface area contributed by atoms with Crippen molar-refractivity contribution < 1.29 is 23.9 Å². The van der Waals surface area contributed by atoms with Gasteiger partial charge in [0.1, 0.15) is 0 Å². The molecule has 8 nitrogen and oxygen atoms in total. The Morgan fingerprint density at radius 1 is 0.833 bits per heavy atom. The van der Waals surface area contributed by atoms with E-state index in [1.807, 2.05) is 19.1 Å². The van der Waals surface area contributed by atoms with Gasteiger partial charge in [0.15, 0.2) is 6.10 Å². The van der Waals surface area contributed by atoms with E-state index in [4.69, 9.17) is 4.74 Å². The number of carbonyl (C=O) groups is 4. The van der Waals surface area contributed by atoms with Crippen LogP contribution in [0.2, 0.25) is 0 Å². The molecule has 2 rings (SSSR count). The molecule has 0 aliphatic carbocycles. The largest absolute Gasteiger partial charge is 0.449 e. The van der Waals surface area contributed by atoms with Crippen LogP contribution < -0.4 is 16.0 Å². The first-order valence-electron chi connectivity index (χ1n) is 9.49. The normalized spacial score (nSPS) is 11.2. The second-order valence-corrected chi connectivity index (χ2v) is 6.75. The zero-order valence-corrected chi connectivity index (χ0v) is 17.4. The molecule has 0 aliphatic heterocycles. The van der Waals surface area contributed by atoms with Crippen LogP contribution in [0.25, 0.3) is 0 Å². The van der Waals surface area contributed by atoms with E-state index in [-0.39, 0.29) is 17.4 Å². The number of carbonyl (C=O) groups excluding carboxylic acids is 4. The van der Waals surface area contributed by atoms with E-state index in [0.717, 1.165) is 12.0 Å². The molecule has 0 fully saturated rings. The monoisotopic (exact) mass is 411 g/mol. The maximum Gasteiger partial charge on any atom is 0.339 e. The fourth-order valence-corrected chi connectivity index (χ4v) is 2.65. The molecule has 158 valence electrons. The standard InChI is InChI=1S/C22H25N3O5/c1-5-16-6-8-18(9-7-16)25-21(28)13(2)30-22(29)17-10-19(23-14(3)26)12-20(11-17)24-15(4)27/h6-13H,5H2,1-4H3,(H,23,26)(H,24,27)(H,25,28). The van der Waals surface area contributed by atoms with Crippen molar-refractivity contribution in [1.29, 1.82) is 0 Å². The summed E-state index contributed by atoms with van der Waals surface area (Å²) in [6, 6.07) is 11.7. The van der Waals surface area contributed by atoms with E-state index in [1.54, 1.807) is 12.1 Å². The summed E-state index contributed by atoms with van der Waals surface area (Å²) in [6.07, 6.45) is -0.169. The molecule has 0 radical (unpaired) electrons. The van der Waals surface area contributed by atoms with Crippen molar-refractivity contribution in [1.82, 2.24) is 0 Å². The highest BCUT2D eigenvalue weighted by atomic mass is 16.5. The first kappa shape index (κ1) is 22.6. The Labute approximate surface area is 175 Å². The van der Waals surface area contributed by atoms with Gasteiger partial charge in [-0.3, -0.25) is 14.4 Å². The summed E-state index contributed by atoms with van der Waals surface area (Å²) in [5.74, 6) is -1.92. The van der Waals surface area contributed by atoms with Crippen LogP contribution >= 0.6 is 0 Å². The summed E-state index contributed by atoms with van der Waals surface area (Å²) < 4.78 is 5.26. The van der Waals surface area contributed by atoms with E-state index in [0.29, 0.717) is 17.1 Å². The van der Waals surface area contributed by atoms with Crippen molar-refractivity contribution in [3.63, 3.8) is 0 Å². The number of amides is 3. The summed E-state index contributed by atoms with van der Waals surface area (Å²) in [7, 11) is 0. The number of ether oxygens (including phenoxy) is 1. The lowest BCUT2D eigenvalue weighted by Gasteiger charge is -2.15. The van der Waals surface area contributed by atoms with Crippen molar-refractivity contribution in [2.75, 3.05) is 16.0 Å². The van der Waals surface area contributed by atoms with Crippen molar-refractivity contribution in [3.05, 3.63) is 53.6 Å².